The van der Waals surface area contributed by atoms with Crippen molar-refractivity contribution in [3.8, 4) is 0 Å². The first-order chi connectivity index (χ1) is 14.2. The average molecular weight is 405 g/mol. The molecule has 0 aliphatic heterocycles. The third kappa shape index (κ3) is 3.49. The Bertz CT molecular complexity index is 1190. The smallest absolute Gasteiger partial charge is 0.255 e. The molecule has 5 heteroatoms. The number of oxazole rings is 1. The number of aromatic nitrogens is 1. The highest BCUT2D eigenvalue weighted by molar-refractivity contribution is 6.31. The zero-order valence-corrected chi connectivity index (χ0v) is 16.7. The number of carbonyl (C=O) groups excluding carboxylic acids is 1. The van der Waals surface area contributed by atoms with Crippen LogP contribution >= 0.6 is 11.6 Å². The van der Waals surface area contributed by atoms with Crippen LogP contribution < -0.4 is 0 Å². The Morgan fingerprint density at radius 2 is 1.86 bits per heavy atom. The van der Waals surface area contributed by atoms with Gasteiger partial charge in [0.2, 0.25) is 5.89 Å². The normalized spacial score (nSPS) is 14.7. The summed E-state index contributed by atoms with van der Waals surface area (Å²) in [6.07, 6.45) is 4.32. The molecule has 4 nitrogen and oxygen atoms in total. The summed E-state index contributed by atoms with van der Waals surface area (Å²) in [7, 11) is 0. The summed E-state index contributed by atoms with van der Waals surface area (Å²) in [4.78, 5) is 20.2. The maximum absolute atomic E-state index is 13.7. The van der Waals surface area contributed by atoms with E-state index in [1.807, 2.05) is 53.4 Å². The molecule has 1 amide bonds. The molecule has 1 aromatic heterocycles. The summed E-state index contributed by atoms with van der Waals surface area (Å²) in [6, 6.07) is 19.5. The highest BCUT2D eigenvalue weighted by Gasteiger charge is 2.29. The van der Waals surface area contributed by atoms with Gasteiger partial charge in [-0.3, -0.25) is 4.79 Å². The number of fused-ring (bicyclic) bond motifs is 2. The van der Waals surface area contributed by atoms with Crippen molar-refractivity contribution in [2.45, 2.75) is 38.3 Å². The zero-order chi connectivity index (χ0) is 19.8. The van der Waals surface area contributed by atoms with E-state index in [-0.39, 0.29) is 11.9 Å². The van der Waals surface area contributed by atoms with Crippen LogP contribution in [-0.4, -0.2) is 21.8 Å². The molecule has 1 heterocycles. The van der Waals surface area contributed by atoms with E-state index < -0.39 is 0 Å². The molecule has 0 radical (unpaired) electrons. The molecule has 0 unspecified atom stereocenters. The minimum Gasteiger partial charge on any atom is -0.439 e. The number of halogens is 1. The van der Waals surface area contributed by atoms with Gasteiger partial charge in [0.25, 0.3) is 5.91 Å². The van der Waals surface area contributed by atoms with Gasteiger partial charge in [0.1, 0.15) is 5.52 Å². The van der Waals surface area contributed by atoms with Gasteiger partial charge in [-0.2, -0.15) is 0 Å². The van der Waals surface area contributed by atoms with Gasteiger partial charge in [0.15, 0.2) is 5.58 Å². The zero-order valence-electron chi connectivity index (χ0n) is 16.0. The third-order valence-electron chi connectivity index (χ3n) is 5.75. The highest BCUT2D eigenvalue weighted by Crippen LogP contribution is 2.29. The molecule has 4 aromatic rings. The second-order valence-electron chi connectivity index (χ2n) is 7.62. The molecule has 5 rings (SSSR count). The quantitative estimate of drug-likeness (QED) is 0.405. The van der Waals surface area contributed by atoms with Crippen LogP contribution in [0.4, 0.5) is 0 Å². The van der Waals surface area contributed by atoms with Gasteiger partial charge in [-0.1, -0.05) is 60.8 Å². The van der Waals surface area contributed by atoms with E-state index >= 15 is 0 Å². The largest absolute Gasteiger partial charge is 0.439 e. The molecule has 1 saturated carbocycles. The van der Waals surface area contributed by atoms with E-state index in [1.165, 1.54) is 0 Å². The molecule has 1 fully saturated rings. The molecular weight excluding hydrogens is 384 g/mol. The number of benzene rings is 3. The third-order valence-corrected chi connectivity index (χ3v) is 5.98. The topological polar surface area (TPSA) is 46.3 Å². The molecule has 0 N–H and O–H groups in total. The number of hydrogen-bond donors (Lipinski definition) is 0. The maximum Gasteiger partial charge on any atom is 0.255 e. The Morgan fingerprint density at radius 3 is 2.72 bits per heavy atom. The fourth-order valence-electron chi connectivity index (χ4n) is 4.31. The Labute approximate surface area is 174 Å². The van der Waals surface area contributed by atoms with E-state index in [2.05, 4.69) is 4.98 Å². The van der Waals surface area contributed by atoms with Gasteiger partial charge in [0, 0.05) is 16.6 Å². The summed E-state index contributed by atoms with van der Waals surface area (Å²) in [5.41, 5.74) is 2.14. The fourth-order valence-corrected chi connectivity index (χ4v) is 4.48. The number of amides is 1. The van der Waals surface area contributed by atoms with Crippen molar-refractivity contribution in [2.75, 3.05) is 0 Å². The number of hydrogen-bond acceptors (Lipinski definition) is 3. The Morgan fingerprint density at radius 1 is 1.07 bits per heavy atom. The van der Waals surface area contributed by atoms with Crippen molar-refractivity contribution in [1.29, 1.82) is 0 Å². The van der Waals surface area contributed by atoms with Crippen LogP contribution in [0, 0.1) is 0 Å². The lowest BCUT2D eigenvalue weighted by atomic mass is 10.0. The Kier molecular flexibility index (Phi) is 4.72. The standard InChI is InChI=1S/C24H21ClN2O2/c25-17-12-13-22-21(14-17)26-23(29-22)15-27(18-8-2-3-9-18)24(28)20-11-5-7-16-6-1-4-10-19(16)20/h1,4-7,10-14,18H,2-3,8-9,15H2. The van der Waals surface area contributed by atoms with Crippen molar-refractivity contribution in [2.24, 2.45) is 0 Å². The van der Waals surface area contributed by atoms with Crippen molar-refractivity contribution in [3.05, 3.63) is 77.1 Å². The molecule has 0 spiro atoms. The maximum atomic E-state index is 13.7. The molecular formula is C24H21ClN2O2. The molecule has 29 heavy (non-hydrogen) atoms. The first kappa shape index (κ1) is 18.2. The lowest BCUT2D eigenvalue weighted by Crippen LogP contribution is -2.38. The predicted molar refractivity (Wildman–Crippen MR) is 115 cm³/mol. The van der Waals surface area contributed by atoms with Crippen molar-refractivity contribution >= 4 is 39.4 Å². The summed E-state index contributed by atoms with van der Waals surface area (Å²) in [5.74, 6) is 0.580. The van der Waals surface area contributed by atoms with Crippen molar-refractivity contribution in [1.82, 2.24) is 9.88 Å². The molecule has 3 aromatic carbocycles. The lowest BCUT2D eigenvalue weighted by Gasteiger charge is -2.28. The van der Waals surface area contributed by atoms with Gasteiger partial charge in [-0.05, 0) is 47.9 Å². The van der Waals surface area contributed by atoms with E-state index in [0.717, 1.165) is 47.5 Å². The van der Waals surface area contributed by atoms with Crippen LogP contribution in [0.2, 0.25) is 5.02 Å². The van der Waals surface area contributed by atoms with Crippen molar-refractivity contribution < 1.29 is 9.21 Å². The first-order valence-electron chi connectivity index (χ1n) is 10.0. The van der Waals surface area contributed by atoms with E-state index in [4.69, 9.17) is 16.0 Å². The average Bonchev–Trinajstić information content (AvgIpc) is 3.40. The second kappa shape index (κ2) is 7.53. The molecule has 0 bridgehead atoms. The summed E-state index contributed by atoms with van der Waals surface area (Å²) >= 11 is 6.08. The van der Waals surface area contributed by atoms with Crippen LogP contribution in [0.15, 0.2) is 65.1 Å². The minimum atomic E-state index is 0.0361. The fraction of sp³-hybridized carbons (Fsp3) is 0.250. The van der Waals surface area contributed by atoms with Gasteiger partial charge in [-0.15, -0.1) is 0 Å². The van der Waals surface area contributed by atoms with Gasteiger partial charge in [0.05, 0.1) is 6.54 Å². The van der Waals surface area contributed by atoms with Gasteiger partial charge < -0.3 is 9.32 Å². The first-order valence-corrected chi connectivity index (χ1v) is 10.4. The SMILES string of the molecule is O=C(c1cccc2ccccc12)N(Cc1nc2cc(Cl)ccc2o1)C1CCCC1. The molecule has 0 saturated heterocycles. The summed E-state index contributed by atoms with van der Waals surface area (Å²) < 4.78 is 5.92. The number of nitrogens with zero attached hydrogens (tertiary/aromatic N) is 2. The summed E-state index contributed by atoms with van der Waals surface area (Å²) in [6.45, 7) is 0.360. The minimum absolute atomic E-state index is 0.0361. The lowest BCUT2D eigenvalue weighted by molar-refractivity contribution is 0.0648. The van der Waals surface area contributed by atoms with Crippen LogP contribution in [0.25, 0.3) is 21.9 Å². The second-order valence-corrected chi connectivity index (χ2v) is 8.05. The molecule has 1 aliphatic carbocycles. The molecule has 1 aliphatic rings. The Balaban J connectivity index is 1.53. The van der Waals surface area contributed by atoms with E-state index in [1.54, 1.807) is 12.1 Å². The highest BCUT2D eigenvalue weighted by atomic mass is 35.5. The van der Waals surface area contributed by atoms with E-state index in [9.17, 15) is 4.79 Å². The van der Waals surface area contributed by atoms with Crippen LogP contribution in [0.5, 0.6) is 0 Å². The summed E-state index contributed by atoms with van der Waals surface area (Å²) in [5, 5.41) is 2.67. The number of carbonyl (C=O) groups is 1. The monoisotopic (exact) mass is 404 g/mol. The predicted octanol–water partition coefficient (Wildman–Crippen LogP) is 6.22. The van der Waals surface area contributed by atoms with Gasteiger partial charge in [-0.25, -0.2) is 4.98 Å². The van der Waals surface area contributed by atoms with Gasteiger partial charge >= 0.3 is 0 Å². The van der Waals surface area contributed by atoms with Crippen LogP contribution in [0.1, 0.15) is 41.9 Å². The molecule has 0 atom stereocenters. The van der Waals surface area contributed by atoms with Crippen molar-refractivity contribution in [3.63, 3.8) is 0 Å². The molecule has 146 valence electrons. The van der Waals surface area contributed by atoms with E-state index in [0.29, 0.717) is 23.0 Å². The number of rotatable bonds is 4. The Hall–Kier alpha value is -2.85. The van der Waals surface area contributed by atoms with Crippen LogP contribution in [0.3, 0.4) is 0 Å². The van der Waals surface area contributed by atoms with Crippen LogP contribution in [-0.2, 0) is 6.54 Å².